The second-order valence-electron chi connectivity index (χ2n) is 4.93. The van der Waals surface area contributed by atoms with Gasteiger partial charge in [-0.2, -0.15) is 0 Å². The lowest BCUT2D eigenvalue weighted by molar-refractivity contribution is -0.127. The van der Waals surface area contributed by atoms with Gasteiger partial charge in [-0.1, -0.05) is 41.9 Å². The highest BCUT2D eigenvalue weighted by atomic mass is 35.5. The first-order chi connectivity index (χ1) is 10.5. The van der Waals surface area contributed by atoms with E-state index >= 15 is 0 Å². The largest absolute Gasteiger partial charge is 0.349 e. The summed E-state index contributed by atoms with van der Waals surface area (Å²) in [7, 11) is 0. The monoisotopic (exact) mass is 316 g/mol. The molecular formula is C17H17ClN2O2. The van der Waals surface area contributed by atoms with Crippen LogP contribution in [0.1, 0.15) is 24.9 Å². The molecule has 5 heteroatoms. The van der Waals surface area contributed by atoms with E-state index in [1.54, 1.807) is 24.3 Å². The molecule has 2 amide bonds. The van der Waals surface area contributed by atoms with Gasteiger partial charge in [0.15, 0.2) is 0 Å². The molecule has 0 fully saturated rings. The molecule has 2 N–H and O–H groups in total. The molecule has 0 aliphatic rings. The predicted octanol–water partition coefficient (Wildman–Crippen LogP) is 3.55. The maximum absolute atomic E-state index is 11.9. The van der Waals surface area contributed by atoms with Gasteiger partial charge in [0, 0.05) is 10.7 Å². The highest BCUT2D eigenvalue weighted by molar-refractivity contribution is 6.30. The van der Waals surface area contributed by atoms with E-state index in [2.05, 4.69) is 10.6 Å². The van der Waals surface area contributed by atoms with Crippen molar-refractivity contribution in [2.45, 2.75) is 19.4 Å². The molecule has 0 aliphatic heterocycles. The van der Waals surface area contributed by atoms with Gasteiger partial charge in [-0.25, -0.2) is 0 Å². The molecule has 4 nitrogen and oxygen atoms in total. The van der Waals surface area contributed by atoms with Crippen LogP contribution in [0.3, 0.4) is 0 Å². The van der Waals surface area contributed by atoms with E-state index in [4.69, 9.17) is 11.6 Å². The van der Waals surface area contributed by atoms with Crippen LogP contribution < -0.4 is 10.6 Å². The maximum atomic E-state index is 11.9. The number of hydrogen-bond donors (Lipinski definition) is 2. The van der Waals surface area contributed by atoms with Crippen LogP contribution in [0.25, 0.3) is 0 Å². The number of hydrogen-bond acceptors (Lipinski definition) is 2. The van der Waals surface area contributed by atoms with Crippen LogP contribution in [-0.4, -0.2) is 11.8 Å². The third kappa shape index (κ3) is 4.90. The summed E-state index contributed by atoms with van der Waals surface area (Å²) in [5.41, 5.74) is 1.60. The van der Waals surface area contributed by atoms with E-state index in [1.165, 1.54) is 0 Å². The van der Waals surface area contributed by atoms with Crippen molar-refractivity contribution >= 4 is 29.1 Å². The standard InChI is InChI=1S/C17H17ClN2O2/c1-12(13-5-3-2-4-6-13)19-16(21)11-17(22)20-15-9-7-14(18)8-10-15/h2-10,12H,11H2,1H3,(H,19,21)(H,20,22). The third-order valence-corrected chi connectivity index (χ3v) is 3.38. The molecule has 0 heterocycles. The molecule has 2 aromatic carbocycles. The summed E-state index contributed by atoms with van der Waals surface area (Å²) in [6, 6.07) is 16.2. The van der Waals surface area contributed by atoms with E-state index in [0.29, 0.717) is 10.7 Å². The van der Waals surface area contributed by atoms with Crippen LogP contribution in [0.5, 0.6) is 0 Å². The van der Waals surface area contributed by atoms with Gasteiger partial charge in [-0.05, 0) is 36.8 Å². The van der Waals surface area contributed by atoms with Gasteiger partial charge in [0.25, 0.3) is 0 Å². The smallest absolute Gasteiger partial charge is 0.233 e. The molecule has 114 valence electrons. The van der Waals surface area contributed by atoms with Crippen molar-refractivity contribution in [1.29, 1.82) is 0 Å². The minimum atomic E-state index is -0.361. The quantitative estimate of drug-likeness (QED) is 0.829. The number of amides is 2. The molecule has 2 rings (SSSR count). The summed E-state index contributed by atoms with van der Waals surface area (Å²) in [5, 5.41) is 6.05. The van der Waals surface area contributed by atoms with Gasteiger partial charge < -0.3 is 10.6 Å². The molecule has 1 atom stereocenters. The van der Waals surface area contributed by atoms with Crippen molar-refractivity contribution in [2.24, 2.45) is 0 Å². The second kappa shape index (κ2) is 7.61. The van der Waals surface area contributed by atoms with E-state index in [0.717, 1.165) is 5.56 Å². The fraction of sp³-hybridized carbons (Fsp3) is 0.176. The Morgan fingerprint density at radius 3 is 2.27 bits per heavy atom. The summed E-state index contributed by atoms with van der Waals surface area (Å²) in [5.74, 6) is -0.678. The van der Waals surface area contributed by atoms with Gasteiger partial charge in [-0.15, -0.1) is 0 Å². The first kappa shape index (κ1) is 16.0. The van der Waals surface area contributed by atoms with Crippen molar-refractivity contribution in [2.75, 3.05) is 5.32 Å². The van der Waals surface area contributed by atoms with Gasteiger partial charge in [0.2, 0.25) is 11.8 Å². The van der Waals surface area contributed by atoms with Crippen LogP contribution in [0.15, 0.2) is 54.6 Å². The molecular weight excluding hydrogens is 300 g/mol. The Morgan fingerprint density at radius 2 is 1.64 bits per heavy atom. The Kier molecular flexibility index (Phi) is 5.55. The lowest BCUT2D eigenvalue weighted by Gasteiger charge is -2.14. The first-order valence-electron chi connectivity index (χ1n) is 6.94. The summed E-state index contributed by atoms with van der Waals surface area (Å²) in [6.45, 7) is 1.88. The number of halogens is 1. The van der Waals surface area contributed by atoms with Crippen LogP contribution in [0.2, 0.25) is 5.02 Å². The summed E-state index contributed by atoms with van der Waals surface area (Å²) >= 11 is 5.77. The summed E-state index contributed by atoms with van der Waals surface area (Å²) in [4.78, 5) is 23.7. The average molecular weight is 317 g/mol. The van der Waals surface area contributed by atoms with Crippen molar-refractivity contribution in [3.8, 4) is 0 Å². The molecule has 1 unspecified atom stereocenters. The van der Waals surface area contributed by atoms with Gasteiger partial charge in [0.05, 0.1) is 6.04 Å². The van der Waals surface area contributed by atoms with Crippen LogP contribution >= 0.6 is 11.6 Å². The van der Waals surface area contributed by atoms with Crippen LogP contribution in [-0.2, 0) is 9.59 Å². The lowest BCUT2D eigenvalue weighted by atomic mass is 10.1. The van der Waals surface area contributed by atoms with E-state index in [1.807, 2.05) is 37.3 Å². The molecule has 0 aliphatic carbocycles. The highest BCUT2D eigenvalue weighted by Crippen LogP contribution is 2.14. The van der Waals surface area contributed by atoms with Crippen molar-refractivity contribution in [3.63, 3.8) is 0 Å². The van der Waals surface area contributed by atoms with Crippen molar-refractivity contribution in [1.82, 2.24) is 5.32 Å². The van der Waals surface area contributed by atoms with E-state index in [9.17, 15) is 9.59 Å². The number of anilines is 1. The highest BCUT2D eigenvalue weighted by Gasteiger charge is 2.13. The fourth-order valence-corrected chi connectivity index (χ4v) is 2.13. The van der Waals surface area contributed by atoms with E-state index < -0.39 is 0 Å². The topological polar surface area (TPSA) is 58.2 Å². The Labute approximate surface area is 134 Å². The fourth-order valence-electron chi connectivity index (χ4n) is 2.00. The normalized spacial score (nSPS) is 11.5. The Morgan fingerprint density at radius 1 is 1.00 bits per heavy atom. The van der Waals surface area contributed by atoms with Crippen molar-refractivity contribution < 1.29 is 9.59 Å². The molecule has 2 aromatic rings. The Bertz CT molecular complexity index is 641. The van der Waals surface area contributed by atoms with Gasteiger partial charge in [0.1, 0.15) is 6.42 Å². The SMILES string of the molecule is CC(NC(=O)CC(=O)Nc1ccc(Cl)cc1)c1ccccc1. The molecule has 0 spiro atoms. The average Bonchev–Trinajstić information content (AvgIpc) is 2.50. The molecule has 22 heavy (non-hydrogen) atoms. The molecule has 0 aromatic heterocycles. The Balaban J connectivity index is 1.83. The van der Waals surface area contributed by atoms with Gasteiger partial charge in [-0.3, -0.25) is 9.59 Å². The van der Waals surface area contributed by atoms with E-state index in [-0.39, 0.29) is 24.3 Å². The number of carbonyl (C=O) groups excluding carboxylic acids is 2. The third-order valence-electron chi connectivity index (χ3n) is 3.13. The van der Waals surface area contributed by atoms with Crippen molar-refractivity contribution in [3.05, 3.63) is 65.2 Å². The number of rotatable bonds is 5. The molecule has 0 saturated heterocycles. The molecule has 0 radical (unpaired) electrons. The number of benzene rings is 2. The lowest BCUT2D eigenvalue weighted by Crippen LogP contribution is -2.30. The molecule has 0 bridgehead atoms. The number of nitrogens with one attached hydrogen (secondary N) is 2. The minimum absolute atomic E-state index is 0.142. The zero-order chi connectivity index (χ0) is 15.9. The number of carbonyl (C=O) groups is 2. The molecule has 0 saturated carbocycles. The minimum Gasteiger partial charge on any atom is -0.349 e. The van der Waals surface area contributed by atoms with Crippen LogP contribution in [0, 0.1) is 0 Å². The van der Waals surface area contributed by atoms with Crippen LogP contribution in [0.4, 0.5) is 5.69 Å². The zero-order valence-electron chi connectivity index (χ0n) is 12.2. The zero-order valence-corrected chi connectivity index (χ0v) is 12.9. The first-order valence-corrected chi connectivity index (χ1v) is 7.32. The summed E-state index contributed by atoms with van der Waals surface area (Å²) < 4.78 is 0. The Hall–Kier alpha value is -2.33. The summed E-state index contributed by atoms with van der Waals surface area (Å²) in [6.07, 6.45) is -0.222. The second-order valence-corrected chi connectivity index (χ2v) is 5.37. The van der Waals surface area contributed by atoms with Gasteiger partial charge >= 0.3 is 0 Å². The predicted molar refractivity (Wildman–Crippen MR) is 87.7 cm³/mol. The maximum Gasteiger partial charge on any atom is 0.233 e.